The van der Waals surface area contributed by atoms with Gasteiger partial charge in [-0.25, -0.2) is 18.4 Å². The van der Waals surface area contributed by atoms with E-state index in [0.29, 0.717) is 39.6 Å². The molecule has 3 heterocycles. The van der Waals surface area contributed by atoms with Gasteiger partial charge in [-0.15, -0.1) is 0 Å². The summed E-state index contributed by atoms with van der Waals surface area (Å²) < 4.78 is 32.4. The third kappa shape index (κ3) is 9.22. The molecule has 3 N–H and O–H groups in total. The van der Waals surface area contributed by atoms with Gasteiger partial charge in [-0.1, -0.05) is 12.1 Å². The number of carbonyl (C=O) groups excluding carboxylic acids is 1. The first-order chi connectivity index (χ1) is 22.5. The van der Waals surface area contributed by atoms with E-state index in [2.05, 4.69) is 49.6 Å². The van der Waals surface area contributed by atoms with E-state index in [9.17, 15) is 13.2 Å². The number of methoxy groups -OCH3 is 1. The normalized spacial score (nSPS) is 14.0. The maximum atomic E-state index is 13.3. The summed E-state index contributed by atoms with van der Waals surface area (Å²) in [7, 11) is 2.14. The van der Waals surface area contributed by atoms with Gasteiger partial charge in [0.15, 0.2) is 32.4 Å². The van der Waals surface area contributed by atoms with Crippen molar-refractivity contribution in [2.75, 3.05) is 76.0 Å². The highest BCUT2D eigenvalue weighted by Crippen LogP contribution is 2.38. The lowest BCUT2D eigenvalue weighted by Crippen LogP contribution is -2.48. The first-order valence-electron chi connectivity index (χ1n) is 15.2. The van der Waals surface area contributed by atoms with Gasteiger partial charge in [0.05, 0.1) is 17.8 Å². The van der Waals surface area contributed by atoms with Gasteiger partial charge in [0.2, 0.25) is 11.7 Å². The van der Waals surface area contributed by atoms with E-state index in [0.717, 1.165) is 49.9 Å². The SMILES string of the molecule is COc1c(Nc2cc(C)[nH]n2)nc(Sc2ccc(S(=O)(=O)Cc3cccc(NC(C)=O)c3)cc2)nc1N1CCN(CCN(C)C)CC1. The number of benzene rings is 2. The zero-order chi connectivity index (χ0) is 33.6. The lowest BCUT2D eigenvalue weighted by molar-refractivity contribution is -0.114. The topological polar surface area (TPSA) is 149 Å². The van der Waals surface area contributed by atoms with Gasteiger partial charge in [-0.3, -0.25) is 14.8 Å². The molecule has 1 amide bonds. The smallest absolute Gasteiger partial charge is 0.221 e. The molecule has 1 aliphatic rings. The highest BCUT2D eigenvalue weighted by Gasteiger charge is 2.25. The highest BCUT2D eigenvalue weighted by atomic mass is 32.2. The van der Waals surface area contributed by atoms with Crippen molar-refractivity contribution in [3.05, 3.63) is 65.9 Å². The van der Waals surface area contributed by atoms with Crippen LogP contribution in [0.4, 0.5) is 23.1 Å². The van der Waals surface area contributed by atoms with Crippen LogP contribution < -0.4 is 20.3 Å². The summed E-state index contributed by atoms with van der Waals surface area (Å²) in [6.07, 6.45) is 0. The van der Waals surface area contributed by atoms with Crippen LogP contribution in [-0.2, 0) is 20.4 Å². The molecular weight excluding hydrogens is 639 g/mol. The van der Waals surface area contributed by atoms with E-state index in [1.165, 1.54) is 18.7 Å². The molecule has 5 rings (SSSR count). The summed E-state index contributed by atoms with van der Waals surface area (Å²) in [5.41, 5.74) is 2.04. The zero-order valence-electron chi connectivity index (χ0n) is 27.3. The standard InChI is InChI=1S/C32H41N9O4S2/c1-22-19-28(38-37-22)34-30-29(45-5)31(41-17-15-40(16-18-41)14-13-39(3)4)36-32(35-30)46-26-9-11-27(12-10-26)47(43,44)21-24-7-6-8-25(20-24)33-23(2)42/h6-12,19-20H,13-18,21H2,1-5H3,(H,33,42)(H2,34,35,36,37,38). The number of aromatic nitrogens is 4. The fraction of sp³-hybridized carbons (Fsp3) is 0.375. The molecule has 0 saturated carbocycles. The van der Waals surface area contributed by atoms with Crippen molar-refractivity contribution in [1.82, 2.24) is 30.0 Å². The maximum absolute atomic E-state index is 13.3. The third-order valence-electron chi connectivity index (χ3n) is 7.51. The highest BCUT2D eigenvalue weighted by molar-refractivity contribution is 7.99. The molecule has 250 valence electrons. The Balaban J connectivity index is 1.37. The molecule has 1 saturated heterocycles. The summed E-state index contributed by atoms with van der Waals surface area (Å²) in [6, 6.07) is 15.4. The van der Waals surface area contributed by atoms with Crippen LogP contribution in [0.5, 0.6) is 5.75 Å². The van der Waals surface area contributed by atoms with Gasteiger partial charge < -0.3 is 25.2 Å². The molecular formula is C32H41N9O4S2. The summed E-state index contributed by atoms with van der Waals surface area (Å²) in [5, 5.41) is 13.7. The number of aryl methyl sites for hydroxylation is 1. The second kappa shape index (κ2) is 15.2. The van der Waals surface area contributed by atoms with E-state index in [1.807, 2.05) is 13.0 Å². The number of nitrogens with one attached hydrogen (secondary N) is 3. The van der Waals surface area contributed by atoms with Crippen molar-refractivity contribution in [2.45, 2.75) is 34.5 Å². The number of amides is 1. The number of hydrogen-bond donors (Lipinski definition) is 3. The minimum absolute atomic E-state index is 0.192. The number of rotatable bonds is 13. The molecule has 0 radical (unpaired) electrons. The van der Waals surface area contributed by atoms with Crippen LogP contribution in [0.15, 0.2) is 69.5 Å². The molecule has 0 spiro atoms. The van der Waals surface area contributed by atoms with Gasteiger partial charge >= 0.3 is 0 Å². The number of piperazine rings is 1. The minimum Gasteiger partial charge on any atom is -0.490 e. The number of nitrogens with zero attached hydrogens (tertiary/aromatic N) is 6. The average molecular weight is 680 g/mol. The van der Waals surface area contributed by atoms with Crippen molar-refractivity contribution < 1.29 is 17.9 Å². The van der Waals surface area contributed by atoms with Crippen molar-refractivity contribution in [2.24, 2.45) is 0 Å². The minimum atomic E-state index is -3.63. The van der Waals surface area contributed by atoms with Crippen LogP contribution in [0.1, 0.15) is 18.2 Å². The van der Waals surface area contributed by atoms with E-state index in [-0.39, 0.29) is 16.6 Å². The number of sulfone groups is 1. The van der Waals surface area contributed by atoms with Crippen molar-refractivity contribution in [3.8, 4) is 5.75 Å². The summed E-state index contributed by atoms with van der Waals surface area (Å²) in [4.78, 5) is 29.0. The monoisotopic (exact) mass is 679 g/mol. The van der Waals surface area contributed by atoms with E-state index in [4.69, 9.17) is 14.7 Å². The van der Waals surface area contributed by atoms with Gasteiger partial charge in [0, 0.05) is 68.5 Å². The molecule has 2 aromatic carbocycles. The number of hydrogen-bond acceptors (Lipinski definition) is 12. The quantitative estimate of drug-likeness (QED) is 0.175. The van der Waals surface area contributed by atoms with Crippen molar-refractivity contribution >= 4 is 50.6 Å². The van der Waals surface area contributed by atoms with Gasteiger partial charge in [-0.05, 0) is 74.7 Å². The van der Waals surface area contributed by atoms with Gasteiger partial charge in [-0.2, -0.15) is 5.10 Å². The van der Waals surface area contributed by atoms with Crippen LogP contribution >= 0.6 is 11.8 Å². The Bertz CT molecular complexity index is 1790. The average Bonchev–Trinajstić information content (AvgIpc) is 3.44. The molecule has 0 atom stereocenters. The van der Waals surface area contributed by atoms with Crippen molar-refractivity contribution in [1.29, 1.82) is 0 Å². The summed E-state index contributed by atoms with van der Waals surface area (Å²) >= 11 is 1.33. The lowest BCUT2D eigenvalue weighted by Gasteiger charge is -2.36. The molecule has 0 unspecified atom stereocenters. The van der Waals surface area contributed by atoms with Gasteiger partial charge in [0.1, 0.15) is 0 Å². The Morgan fingerprint density at radius 2 is 1.81 bits per heavy atom. The first kappa shape index (κ1) is 34.2. The molecule has 1 aliphatic heterocycles. The lowest BCUT2D eigenvalue weighted by atomic mass is 10.2. The maximum Gasteiger partial charge on any atom is 0.221 e. The predicted molar refractivity (Wildman–Crippen MR) is 185 cm³/mol. The molecule has 2 aromatic heterocycles. The number of ether oxygens (including phenoxy) is 1. The van der Waals surface area contributed by atoms with Crippen molar-refractivity contribution in [3.63, 3.8) is 0 Å². The van der Waals surface area contributed by atoms with Crippen LogP contribution in [0.2, 0.25) is 0 Å². The number of likely N-dealkylation sites (N-methyl/N-ethyl adjacent to an activating group) is 1. The Labute approximate surface area is 280 Å². The Kier molecular flexibility index (Phi) is 11.0. The van der Waals surface area contributed by atoms with Crippen LogP contribution in [-0.4, -0.2) is 105 Å². The van der Waals surface area contributed by atoms with E-state index in [1.54, 1.807) is 55.6 Å². The number of aromatic amines is 1. The van der Waals surface area contributed by atoms with Crippen LogP contribution in [0.25, 0.3) is 0 Å². The Morgan fingerprint density at radius 1 is 1.06 bits per heavy atom. The number of carbonyl (C=O) groups is 1. The molecule has 0 aliphatic carbocycles. The number of H-pyrrole nitrogens is 1. The molecule has 4 aromatic rings. The summed E-state index contributed by atoms with van der Waals surface area (Å²) in [6.45, 7) is 8.70. The molecule has 1 fully saturated rings. The largest absolute Gasteiger partial charge is 0.490 e. The van der Waals surface area contributed by atoms with Crippen LogP contribution in [0.3, 0.4) is 0 Å². The van der Waals surface area contributed by atoms with E-state index >= 15 is 0 Å². The Hall–Kier alpha value is -4.18. The fourth-order valence-electron chi connectivity index (χ4n) is 5.14. The molecule has 13 nitrogen and oxygen atoms in total. The second-order valence-corrected chi connectivity index (χ2v) is 14.6. The fourth-order valence-corrected chi connectivity index (χ4v) is 7.23. The molecule has 0 bridgehead atoms. The molecule has 47 heavy (non-hydrogen) atoms. The summed E-state index contributed by atoms with van der Waals surface area (Å²) in [5.74, 6) is 1.90. The first-order valence-corrected chi connectivity index (χ1v) is 17.7. The van der Waals surface area contributed by atoms with Gasteiger partial charge in [0.25, 0.3) is 0 Å². The predicted octanol–water partition coefficient (Wildman–Crippen LogP) is 4.03. The Morgan fingerprint density at radius 3 is 2.45 bits per heavy atom. The second-order valence-electron chi connectivity index (χ2n) is 11.6. The van der Waals surface area contributed by atoms with Crippen LogP contribution in [0, 0.1) is 6.92 Å². The third-order valence-corrected chi connectivity index (χ3v) is 10.1. The number of anilines is 4. The molecule has 15 heteroatoms. The van der Waals surface area contributed by atoms with E-state index < -0.39 is 9.84 Å². The zero-order valence-corrected chi connectivity index (χ0v) is 28.9.